The van der Waals surface area contributed by atoms with Crippen molar-refractivity contribution in [2.75, 3.05) is 19.0 Å². The number of benzene rings is 3. The fraction of sp³-hybridized carbons (Fsp3) is 0.441. The molecule has 3 aromatic carbocycles. The highest BCUT2D eigenvalue weighted by atomic mass is 31.1. The van der Waals surface area contributed by atoms with E-state index in [1.165, 1.54) is 86.3 Å². The Kier molecular flexibility index (Phi) is 8.85. The molecule has 2 saturated carbocycles. The van der Waals surface area contributed by atoms with Crippen molar-refractivity contribution in [3.63, 3.8) is 0 Å². The number of carboxylic acids is 1. The number of carboxylic acid groups (broad SMARTS) is 1. The highest BCUT2D eigenvalue weighted by Crippen LogP contribution is 2.57. The molecule has 0 aromatic heterocycles. The largest absolute Gasteiger partial charge is 0.481 e. The van der Waals surface area contributed by atoms with Gasteiger partial charge in [-0.2, -0.15) is 0 Å². The normalized spacial score (nSPS) is 17.9. The van der Waals surface area contributed by atoms with E-state index >= 15 is 0 Å². The lowest BCUT2D eigenvalue weighted by Gasteiger charge is -2.41. The van der Waals surface area contributed by atoms with Gasteiger partial charge in [0.05, 0.1) is 0 Å². The van der Waals surface area contributed by atoms with Crippen molar-refractivity contribution in [2.45, 2.75) is 81.4 Å². The van der Waals surface area contributed by atoms with Crippen LogP contribution < -0.4 is 10.2 Å². The zero-order valence-electron chi connectivity index (χ0n) is 23.0. The van der Waals surface area contributed by atoms with E-state index < -0.39 is 19.8 Å². The molecule has 5 rings (SSSR count). The Morgan fingerprint density at radius 1 is 0.737 bits per heavy atom. The lowest BCUT2D eigenvalue weighted by molar-refractivity contribution is -0.137. The van der Waals surface area contributed by atoms with Crippen LogP contribution in [0.2, 0.25) is 0 Å². The molecule has 2 aliphatic rings. The highest BCUT2D eigenvalue weighted by molar-refractivity contribution is 7.67. The summed E-state index contributed by atoms with van der Waals surface area (Å²) in [5, 5.41) is 12.1. The van der Waals surface area contributed by atoms with Crippen LogP contribution in [0.25, 0.3) is 11.1 Å². The molecule has 38 heavy (non-hydrogen) atoms. The van der Waals surface area contributed by atoms with Gasteiger partial charge in [-0.3, -0.25) is 4.79 Å². The predicted octanol–water partition coefficient (Wildman–Crippen LogP) is 8.41. The number of rotatable bonds is 8. The van der Waals surface area contributed by atoms with Crippen LogP contribution in [-0.2, 0) is 4.79 Å². The van der Waals surface area contributed by atoms with Crippen LogP contribution in [-0.4, -0.2) is 36.5 Å². The van der Waals surface area contributed by atoms with Crippen LogP contribution in [0.3, 0.4) is 0 Å². The Bertz CT molecular complexity index is 1190. The van der Waals surface area contributed by atoms with Crippen LogP contribution in [0.15, 0.2) is 72.8 Å². The maximum absolute atomic E-state index is 13.0. The minimum absolute atomic E-state index is 0.518. The molecule has 2 fully saturated rings. The summed E-state index contributed by atoms with van der Waals surface area (Å²) in [6.45, 7) is 0. The topological polar surface area (TPSA) is 40.5 Å². The van der Waals surface area contributed by atoms with Crippen LogP contribution in [0, 0.1) is 0 Å². The third kappa shape index (κ3) is 5.69. The molecule has 1 atom stereocenters. The number of aliphatic carboxylic acids is 1. The van der Waals surface area contributed by atoms with Gasteiger partial charge in [0.2, 0.25) is 0 Å². The zero-order valence-corrected chi connectivity index (χ0v) is 23.9. The van der Waals surface area contributed by atoms with E-state index in [-0.39, 0.29) is 0 Å². The van der Waals surface area contributed by atoms with Gasteiger partial charge < -0.3 is 10.0 Å². The SMILES string of the molecule is CN(C)c1ccccc1-c1cccc(C(C(=O)O)c2ccccc2)c1P(C1CCCCC1)C1CCCCC1. The second-order valence-electron chi connectivity index (χ2n) is 11.3. The van der Waals surface area contributed by atoms with Crippen molar-refractivity contribution in [1.29, 1.82) is 0 Å². The second-order valence-corrected chi connectivity index (χ2v) is 14.1. The average Bonchev–Trinajstić information content (AvgIpc) is 2.95. The third-order valence-corrected chi connectivity index (χ3v) is 12.3. The smallest absolute Gasteiger partial charge is 0.315 e. The summed E-state index contributed by atoms with van der Waals surface area (Å²) in [4.78, 5) is 15.2. The first kappa shape index (κ1) is 26.9. The van der Waals surface area contributed by atoms with Gasteiger partial charge in [0.25, 0.3) is 0 Å². The maximum Gasteiger partial charge on any atom is 0.315 e. The van der Waals surface area contributed by atoms with Crippen LogP contribution in [0.4, 0.5) is 5.69 Å². The van der Waals surface area contributed by atoms with Crippen LogP contribution in [0.1, 0.15) is 81.3 Å². The number of hydrogen-bond acceptors (Lipinski definition) is 2. The van der Waals surface area contributed by atoms with Crippen molar-refractivity contribution in [2.24, 2.45) is 0 Å². The second kappa shape index (κ2) is 12.5. The lowest BCUT2D eigenvalue weighted by Crippen LogP contribution is -2.31. The monoisotopic (exact) mass is 527 g/mol. The molecule has 0 aliphatic heterocycles. The van der Waals surface area contributed by atoms with Gasteiger partial charge >= 0.3 is 5.97 Å². The Balaban J connectivity index is 1.79. The first-order chi connectivity index (χ1) is 18.6. The minimum atomic E-state index is -0.752. The molecule has 2 aliphatic carbocycles. The molecule has 3 aromatic rings. The molecule has 200 valence electrons. The summed E-state index contributed by atoms with van der Waals surface area (Å²) in [6, 6.07) is 25.1. The summed E-state index contributed by atoms with van der Waals surface area (Å²) in [6.07, 6.45) is 13.1. The van der Waals surface area contributed by atoms with Crippen molar-refractivity contribution >= 4 is 24.9 Å². The zero-order chi connectivity index (χ0) is 26.5. The number of hydrogen-bond donors (Lipinski definition) is 1. The van der Waals surface area contributed by atoms with Gasteiger partial charge in [-0.25, -0.2) is 0 Å². The third-order valence-electron chi connectivity index (χ3n) is 8.63. The van der Waals surface area contributed by atoms with Gasteiger partial charge in [0.15, 0.2) is 0 Å². The number of nitrogens with zero attached hydrogens (tertiary/aromatic N) is 1. The molecule has 0 spiro atoms. The van der Waals surface area contributed by atoms with Gasteiger partial charge in [0.1, 0.15) is 5.92 Å². The standard InChI is InChI=1S/C34H42NO2P/c1-35(2)31-24-13-12-21-28(31)29-22-14-23-30(32(34(36)37)25-15-6-3-7-16-25)33(29)38(26-17-8-4-9-18-26)27-19-10-5-11-20-27/h3,6-7,12-16,21-24,26-27,32H,4-5,8-11,17-20H2,1-2H3,(H,36,37). The Labute approximate surface area is 230 Å². The molecular formula is C34H42NO2P. The molecule has 0 radical (unpaired) electrons. The summed E-state index contributed by atoms with van der Waals surface area (Å²) in [5.74, 6) is -1.41. The van der Waals surface area contributed by atoms with Gasteiger partial charge in [0, 0.05) is 25.3 Å². The van der Waals surface area contributed by atoms with Gasteiger partial charge in [-0.05, 0) is 65.1 Å². The summed E-state index contributed by atoms with van der Waals surface area (Å²) < 4.78 is 0. The lowest BCUT2D eigenvalue weighted by atomic mass is 9.89. The van der Waals surface area contributed by atoms with E-state index in [9.17, 15) is 9.90 Å². The summed E-state index contributed by atoms with van der Waals surface area (Å²) in [5.41, 5.74) is 6.94. The van der Waals surface area contributed by atoms with E-state index in [4.69, 9.17) is 0 Å². The molecule has 0 bridgehead atoms. The molecule has 0 amide bonds. The first-order valence-corrected chi connectivity index (χ1v) is 16.0. The molecule has 3 nitrogen and oxygen atoms in total. The van der Waals surface area contributed by atoms with E-state index in [0.29, 0.717) is 11.3 Å². The molecule has 4 heteroatoms. The van der Waals surface area contributed by atoms with Crippen molar-refractivity contribution in [1.82, 2.24) is 0 Å². The van der Waals surface area contributed by atoms with Crippen molar-refractivity contribution < 1.29 is 9.90 Å². The molecule has 1 unspecified atom stereocenters. The fourth-order valence-corrected chi connectivity index (χ4v) is 11.0. The fourth-order valence-electron chi connectivity index (χ4n) is 6.87. The van der Waals surface area contributed by atoms with Crippen molar-refractivity contribution in [3.05, 3.63) is 83.9 Å². The van der Waals surface area contributed by atoms with E-state index in [0.717, 1.165) is 11.1 Å². The van der Waals surface area contributed by atoms with Crippen molar-refractivity contribution in [3.8, 4) is 11.1 Å². The Morgan fingerprint density at radius 2 is 1.29 bits per heavy atom. The van der Waals surface area contributed by atoms with Gasteiger partial charge in [-0.15, -0.1) is 0 Å². The van der Waals surface area contributed by atoms with Crippen LogP contribution >= 0.6 is 7.92 Å². The Morgan fingerprint density at radius 3 is 1.87 bits per heavy atom. The first-order valence-electron chi connectivity index (χ1n) is 14.5. The van der Waals surface area contributed by atoms with E-state index in [1.807, 2.05) is 30.3 Å². The van der Waals surface area contributed by atoms with E-state index in [2.05, 4.69) is 61.5 Å². The van der Waals surface area contributed by atoms with Gasteiger partial charge in [-0.1, -0.05) is 113 Å². The van der Waals surface area contributed by atoms with E-state index in [1.54, 1.807) is 0 Å². The summed E-state index contributed by atoms with van der Waals surface area (Å²) >= 11 is 0. The summed E-state index contributed by atoms with van der Waals surface area (Å²) in [7, 11) is 3.70. The van der Waals surface area contributed by atoms with Crippen LogP contribution in [0.5, 0.6) is 0 Å². The molecule has 0 saturated heterocycles. The average molecular weight is 528 g/mol. The highest BCUT2D eigenvalue weighted by Gasteiger charge is 2.38. The Hall–Kier alpha value is -2.64. The maximum atomic E-state index is 13.0. The number of anilines is 1. The molecule has 0 heterocycles. The molecular weight excluding hydrogens is 485 g/mol. The predicted molar refractivity (Wildman–Crippen MR) is 162 cm³/mol. The number of para-hydroxylation sites is 1. The quantitative estimate of drug-likeness (QED) is 0.299. The molecule has 1 N–H and O–H groups in total. The number of carbonyl (C=O) groups is 1. The minimum Gasteiger partial charge on any atom is -0.481 e.